The third-order valence-electron chi connectivity index (χ3n) is 5.22. The summed E-state index contributed by atoms with van der Waals surface area (Å²) >= 11 is 0. The molecule has 0 heterocycles. The Labute approximate surface area is 207 Å². The molecule has 1 aromatic carbocycles. The van der Waals surface area contributed by atoms with E-state index in [-0.39, 0.29) is 5.41 Å². The zero-order valence-corrected chi connectivity index (χ0v) is 22.0. The van der Waals surface area contributed by atoms with Gasteiger partial charge in [-0.3, -0.25) is 0 Å². The number of allylic oxidation sites excluding steroid dienone is 11. The van der Waals surface area contributed by atoms with Crippen LogP contribution in [0.1, 0.15) is 59.1 Å². The molecule has 1 aromatic rings. The fraction of sp³-hybridized carbons (Fsp3) is 0.290. The fourth-order valence-electron chi connectivity index (χ4n) is 3.45. The lowest BCUT2D eigenvalue weighted by Crippen LogP contribution is -2.16. The van der Waals surface area contributed by atoms with Crippen LogP contribution in [0.5, 0.6) is 0 Å². The molecule has 0 unspecified atom stereocenters. The van der Waals surface area contributed by atoms with Crippen molar-refractivity contribution in [2.75, 3.05) is 5.73 Å². The van der Waals surface area contributed by atoms with Crippen LogP contribution in [-0.4, -0.2) is 0 Å². The number of nitrogen functional groups attached to an aromatic ring is 1. The molecule has 3 heteroatoms. The number of hydrogen-bond donors (Lipinski definition) is 3. The number of nitrogens with one attached hydrogen (secondary N) is 2. The van der Waals surface area contributed by atoms with Crippen LogP contribution in [0.15, 0.2) is 109 Å². The molecule has 0 saturated heterocycles. The lowest BCUT2D eigenvalue weighted by atomic mass is 9.91. The smallest absolute Gasteiger partial charge is 0.0381 e. The lowest BCUT2D eigenvalue weighted by molar-refractivity contribution is 0.403. The molecule has 0 bridgehead atoms. The molecule has 0 aliphatic rings. The van der Waals surface area contributed by atoms with Crippen LogP contribution in [0, 0.1) is 5.41 Å². The summed E-state index contributed by atoms with van der Waals surface area (Å²) in [6.45, 7) is 28.8. The van der Waals surface area contributed by atoms with Crippen molar-refractivity contribution < 1.29 is 0 Å². The van der Waals surface area contributed by atoms with Gasteiger partial charge in [0, 0.05) is 34.9 Å². The van der Waals surface area contributed by atoms with Crippen molar-refractivity contribution in [3.8, 4) is 0 Å². The van der Waals surface area contributed by atoms with Crippen LogP contribution < -0.4 is 16.4 Å². The minimum Gasteiger partial charge on any atom is -0.398 e. The van der Waals surface area contributed by atoms with Crippen LogP contribution in [-0.2, 0) is 6.42 Å². The monoisotopic (exact) mass is 457 g/mol. The maximum Gasteiger partial charge on any atom is 0.0381 e. The molecule has 0 aromatic heterocycles. The number of hydrogen-bond acceptors (Lipinski definition) is 3. The van der Waals surface area contributed by atoms with E-state index in [0.717, 1.165) is 57.2 Å². The van der Waals surface area contributed by atoms with Crippen LogP contribution in [0.3, 0.4) is 0 Å². The van der Waals surface area contributed by atoms with E-state index in [4.69, 9.17) is 5.73 Å². The SMILES string of the molecule is C=C/C=C\C(C)=C(/C)NC(=C)Cc1cc(C(/C=C(\C=C)NC(=C)CC(C)(C)C)=C/C)ccc1N. The summed E-state index contributed by atoms with van der Waals surface area (Å²) < 4.78 is 0. The molecule has 0 aliphatic carbocycles. The second kappa shape index (κ2) is 13.3. The Morgan fingerprint density at radius 2 is 1.74 bits per heavy atom. The van der Waals surface area contributed by atoms with Gasteiger partial charge in [0.1, 0.15) is 0 Å². The van der Waals surface area contributed by atoms with Crippen LogP contribution >= 0.6 is 0 Å². The average molecular weight is 458 g/mol. The summed E-state index contributed by atoms with van der Waals surface area (Å²) in [5, 5.41) is 6.80. The number of anilines is 1. The largest absolute Gasteiger partial charge is 0.398 e. The first-order chi connectivity index (χ1) is 15.9. The quantitative estimate of drug-likeness (QED) is 0.220. The highest BCUT2D eigenvalue weighted by atomic mass is 14.9. The first kappa shape index (κ1) is 28.6. The molecule has 0 spiro atoms. The van der Waals surface area contributed by atoms with Crippen LogP contribution in [0.25, 0.3) is 5.57 Å². The van der Waals surface area contributed by atoms with Gasteiger partial charge in [0.15, 0.2) is 0 Å². The zero-order valence-electron chi connectivity index (χ0n) is 22.0. The van der Waals surface area contributed by atoms with E-state index in [1.807, 2.05) is 44.2 Å². The number of benzene rings is 1. The average Bonchev–Trinajstić information content (AvgIpc) is 2.75. The predicted octanol–water partition coefficient (Wildman–Crippen LogP) is 7.96. The van der Waals surface area contributed by atoms with E-state index in [0.29, 0.717) is 6.42 Å². The van der Waals surface area contributed by atoms with Gasteiger partial charge >= 0.3 is 0 Å². The molecule has 0 aliphatic heterocycles. The van der Waals surface area contributed by atoms with Gasteiger partial charge in [-0.1, -0.05) is 77.5 Å². The molecular weight excluding hydrogens is 414 g/mol. The van der Waals surface area contributed by atoms with E-state index in [1.165, 1.54) is 0 Å². The second-order valence-corrected chi connectivity index (χ2v) is 9.74. The van der Waals surface area contributed by atoms with Gasteiger partial charge in [-0.05, 0) is 79.2 Å². The summed E-state index contributed by atoms with van der Waals surface area (Å²) in [6.07, 6.45) is 13.2. The van der Waals surface area contributed by atoms with Crippen molar-refractivity contribution in [3.63, 3.8) is 0 Å². The maximum absolute atomic E-state index is 6.31. The Hall–Kier alpha value is -3.46. The van der Waals surface area contributed by atoms with E-state index >= 15 is 0 Å². The van der Waals surface area contributed by atoms with Crippen molar-refractivity contribution in [3.05, 3.63) is 120 Å². The molecule has 0 radical (unpaired) electrons. The summed E-state index contributed by atoms with van der Waals surface area (Å²) in [5.41, 5.74) is 15.3. The van der Waals surface area contributed by atoms with Gasteiger partial charge in [-0.2, -0.15) is 0 Å². The molecule has 4 N–H and O–H groups in total. The van der Waals surface area contributed by atoms with Gasteiger partial charge in [-0.15, -0.1) is 0 Å². The van der Waals surface area contributed by atoms with E-state index in [2.05, 4.69) is 82.9 Å². The van der Waals surface area contributed by atoms with Gasteiger partial charge in [0.25, 0.3) is 0 Å². The molecule has 1 rings (SSSR count). The third-order valence-corrected chi connectivity index (χ3v) is 5.22. The molecule has 182 valence electrons. The Bertz CT molecular complexity index is 1040. The molecule has 34 heavy (non-hydrogen) atoms. The fourth-order valence-corrected chi connectivity index (χ4v) is 3.45. The highest BCUT2D eigenvalue weighted by molar-refractivity contribution is 5.76. The zero-order chi connectivity index (χ0) is 25.9. The minimum atomic E-state index is 0.163. The van der Waals surface area contributed by atoms with Crippen molar-refractivity contribution >= 4 is 11.3 Å². The highest BCUT2D eigenvalue weighted by Crippen LogP contribution is 2.26. The topological polar surface area (TPSA) is 50.1 Å². The van der Waals surface area contributed by atoms with Crippen LogP contribution in [0.2, 0.25) is 0 Å². The highest BCUT2D eigenvalue weighted by Gasteiger charge is 2.12. The minimum absolute atomic E-state index is 0.163. The van der Waals surface area contributed by atoms with Crippen molar-refractivity contribution in [1.29, 1.82) is 0 Å². The van der Waals surface area contributed by atoms with E-state index in [1.54, 1.807) is 6.08 Å². The predicted molar refractivity (Wildman–Crippen MR) is 153 cm³/mol. The summed E-state index contributed by atoms with van der Waals surface area (Å²) in [6, 6.07) is 6.12. The second-order valence-electron chi connectivity index (χ2n) is 9.74. The molecule has 0 saturated carbocycles. The number of nitrogens with two attached hydrogens (primary N) is 1. The lowest BCUT2D eigenvalue weighted by Gasteiger charge is -2.21. The first-order valence-electron chi connectivity index (χ1n) is 11.7. The third kappa shape index (κ3) is 9.99. The van der Waals surface area contributed by atoms with Crippen molar-refractivity contribution in [2.24, 2.45) is 5.41 Å². The van der Waals surface area contributed by atoms with E-state index < -0.39 is 0 Å². The van der Waals surface area contributed by atoms with Crippen LogP contribution in [0.4, 0.5) is 5.69 Å². The molecule has 3 nitrogen and oxygen atoms in total. The Morgan fingerprint density at radius 1 is 1.06 bits per heavy atom. The van der Waals surface area contributed by atoms with Gasteiger partial charge < -0.3 is 16.4 Å². The molecule has 0 fully saturated rings. The first-order valence-corrected chi connectivity index (χ1v) is 11.7. The van der Waals surface area contributed by atoms with Crippen molar-refractivity contribution in [2.45, 2.75) is 54.4 Å². The van der Waals surface area contributed by atoms with Crippen molar-refractivity contribution in [1.82, 2.24) is 10.6 Å². The Morgan fingerprint density at radius 3 is 2.29 bits per heavy atom. The van der Waals surface area contributed by atoms with Gasteiger partial charge in [0.2, 0.25) is 0 Å². The molecule has 0 atom stereocenters. The summed E-state index contributed by atoms with van der Waals surface area (Å²) in [7, 11) is 0. The van der Waals surface area contributed by atoms with Gasteiger partial charge in [-0.25, -0.2) is 0 Å². The number of rotatable bonds is 12. The standard InChI is InChI=1S/C31H43N3/c1-11-14-15-22(4)25(7)33-23(5)18-28-19-27(16-17-30(28)32)26(12-2)20-29(13-3)34-24(6)21-31(8,9)10/h11-17,19-20,33-34H,1,3,5-6,18,21,32H2,2,4,7-10H3/b15-14-,25-22+,26-12+,29-20+. The van der Waals surface area contributed by atoms with Gasteiger partial charge in [0.05, 0.1) is 0 Å². The summed E-state index contributed by atoms with van der Waals surface area (Å²) in [5.74, 6) is 0. The Balaban J connectivity index is 3.10. The molecular formula is C31H43N3. The normalized spacial score (nSPS) is 13.4. The molecule has 0 amide bonds. The summed E-state index contributed by atoms with van der Waals surface area (Å²) in [4.78, 5) is 0. The van der Waals surface area contributed by atoms with E-state index in [9.17, 15) is 0 Å². The Kier molecular flexibility index (Phi) is 11.2. The maximum atomic E-state index is 6.31.